The number of aliphatic hydroxyl groups excluding tert-OH is 1. The molecule has 106 valence electrons. The van der Waals surface area contributed by atoms with Crippen LogP contribution in [0.15, 0.2) is 24.3 Å². The predicted molar refractivity (Wildman–Crippen MR) is 76.9 cm³/mol. The highest BCUT2D eigenvalue weighted by molar-refractivity contribution is 6.30. The van der Waals surface area contributed by atoms with Gasteiger partial charge < -0.3 is 14.7 Å². The van der Waals surface area contributed by atoms with Crippen molar-refractivity contribution in [1.82, 2.24) is 0 Å². The van der Waals surface area contributed by atoms with Gasteiger partial charge in [0.2, 0.25) is 0 Å². The highest BCUT2D eigenvalue weighted by atomic mass is 35.5. The standard InChI is InChI=1S/C15H22ClNO2/c1-12-3-2-8-17(9-12)10-14(18)11-19-15-6-4-13(16)5-7-15/h4-7,12,14,18H,2-3,8-11H2,1H3/p+1/t12-,14+/m1/s1. The highest BCUT2D eigenvalue weighted by Crippen LogP contribution is 2.15. The van der Waals surface area contributed by atoms with Crippen molar-refractivity contribution in [2.24, 2.45) is 5.92 Å². The molecule has 0 spiro atoms. The van der Waals surface area contributed by atoms with E-state index in [1.807, 2.05) is 12.1 Å². The van der Waals surface area contributed by atoms with Crippen molar-refractivity contribution in [2.75, 3.05) is 26.2 Å². The van der Waals surface area contributed by atoms with Gasteiger partial charge in [0.05, 0.1) is 13.1 Å². The summed E-state index contributed by atoms with van der Waals surface area (Å²) in [4.78, 5) is 1.49. The molecule has 0 aliphatic carbocycles. The molecular weight excluding hydrogens is 262 g/mol. The minimum absolute atomic E-state index is 0.347. The van der Waals surface area contributed by atoms with E-state index in [1.165, 1.54) is 24.3 Å². The summed E-state index contributed by atoms with van der Waals surface area (Å²) in [5.74, 6) is 1.53. The molecule has 1 fully saturated rings. The lowest BCUT2D eigenvalue weighted by Gasteiger charge is -2.29. The summed E-state index contributed by atoms with van der Waals surface area (Å²) in [6, 6.07) is 7.23. The van der Waals surface area contributed by atoms with Gasteiger partial charge in [0.25, 0.3) is 0 Å². The average molecular weight is 285 g/mol. The van der Waals surface area contributed by atoms with E-state index in [0.717, 1.165) is 24.8 Å². The van der Waals surface area contributed by atoms with E-state index < -0.39 is 6.10 Å². The molecule has 2 rings (SSSR count). The van der Waals surface area contributed by atoms with E-state index in [1.54, 1.807) is 12.1 Å². The van der Waals surface area contributed by atoms with Gasteiger partial charge in [-0.15, -0.1) is 0 Å². The monoisotopic (exact) mass is 284 g/mol. The van der Waals surface area contributed by atoms with Crippen LogP contribution in [0.1, 0.15) is 19.8 Å². The second kappa shape index (κ2) is 7.13. The fourth-order valence-corrected chi connectivity index (χ4v) is 2.82. The lowest BCUT2D eigenvalue weighted by Crippen LogP contribution is -3.14. The molecule has 1 aromatic rings. The number of likely N-dealkylation sites (tertiary alicyclic amines) is 1. The van der Waals surface area contributed by atoms with Crippen LogP contribution in [0.2, 0.25) is 5.02 Å². The normalized spacial score (nSPS) is 25.0. The molecule has 3 nitrogen and oxygen atoms in total. The molecule has 3 atom stereocenters. The SMILES string of the molecule is C[C@@H]1CCC[NH+](C[C@H](O)COc2ccc(Cl)cc2)C1. The van der Waals surface area contributed by atoms with Crippen LogP contribution in [0.4, 0.5) is 0 Å². The van der Waals surface area contributed by atoms with Gasteiger partial charge in [-0.1, -0.05) is 18.5 Å². The summed E-state index contributed by atoms with van der Waals surface area (Å²) in [5, 5.41) is 10.7. The van der Waals surface area contributed by atoms with Gasteiger partial charge in [0, 0.05) is 10.9 Å². The van der Waals surface area contributed by atoms with E-state index in [2.05, 4.69) is 6.92 Å². The minimum atomic E-state index is -0.407. The van der Waals surface area contributed by atoms with Gasteiger partial charge in [-0.25, -0.2) is 0 Å². The van der Waals surface area contributed by atoms with Crippen molar-refractivity contribution in [3.05, 3.63) is 29.3 Å². The summed E-state index contributed by atoms with van der Waals surface area (Å²) in [5.41, 5.74) is 0. The van der Waals surface area contributed by atoms with Crippen LogP contribution < -0.4 is 9.64 Å². The first-order valence-corrected chi connectivity index (χ1v) is 7.41. The zero-order valence-corrected chi connectivity index (χ0v) is 12.2. The van der Waals surface area contributed by atoms with Crippen LogP contribution in [-0.2, 0) is 0 Å². The maximum absolute atomic E-state index is 10.0. The van der Waals surface area contributed by atoms with Crippen molar-refractivity contribution in [3.8, 4) is 5.75 Å². The zero-order valence-electron chi connectivity index (χ0n) is 11.4. The Balaban J connectivity index is 1.72. The third kappa shape index (κ3) is 5.01. The Morgan fingerprint density at radius 1 is 1.42 bits per heavy atom. The first kappa shape index (κ1) is 14.6. The topological polar surface area (TPSA) is 33.9 Å². The van der Waals surface area contributed by atoms with Gasteiger partial charge in [-0.05, 0) is 37.1 Å². The Morgan fingerprint density at radius 2 is 2.16 bits per heavy atom. The largest absolute Gasteiger partial charge is 0.491 e. The number of ether oxygens (including phenoxy) is 1. The number of hydrogen-bond donors (Lipinski definition) is 2. The quantitative estimate of drug-likeness (QED) is 0.857. The van der Waals surface area contributed by atoms with Crippen molar-refractivity contribution < 1.29 is 14.7 Å². The van der Waals surface area contributed by atoms with Crippen molar-refractivity contribution in [3.63, 3.8) is 0 Å². The first-order chi connectivity index (χ1) is 9.13. The van der Waals surface area contributed by atoms with Crippen LogP contribution in [0.25, 0.3) is 0 Å². The second-order valence-electron chi connectivity index (χ2n) is 5.57. The summed E-state index contributed by atoms with van der Waals surface area (Å²) in [6.45, 7) is 5.74. The summed E-state index contributed by atoms with van der Waals surface area (Å²) in [7, 11) is 0. The Morgan fingerprint density at radius 3 is 2.84 bits per heavy atom. The van der Waals surface area contributed by atoms with Crippen LogP contribution in [0, 0.1) is 5.92 Å². The summed E-state index contributed by atoms with van der Waals surface area (Å²) < 4.78 is 5.57. The predicted octanol–water partition coefficient (Wildman–Crippen LogP) is 1.39. The molecule has 0 aromatic heterocycles. The Hall–Kier alpha value is -0.770. The Bertz CT molecular complexity index is 382. The highest BCUT2D eigenvalue weighted by Gasteiger charge is 2.22. The van der Waals surface area contributed by atoms with E-state index >= 15 is 0 Å². The van der Waals surface area contributed by atoms with Crippen molar-refractivity contribution in [2.45, 2.75) is 25.9 Å². The summed E-state index contributed by atoms with van der Waals surface area (Å²) in [6.07, 6.45) is 2.18. The Kier molecular flexibility index (Phi) is 5.49. The summed E-state index contributed by atoms with van der Waals surface area (Å²) >= 11 is 5.81. The number of piperidine rings is 1. The van der Waals surface area contributed by atoms with E-state index in [9.17, 15) is 5.11 Å². The number of nitrogens with one attached hydrogen (secondary N) is 1. The molecule has 2 N–H and O–H groups in total. The van der Waals surface area contributed by atoms with Gasteiger partial charge in [-0.2, -0.15) is 0 Å². The molecule has 1 aliphatic heterocycles. The third-order valence-corrected chi connectivity index (χ3v) is 3.90. The third-order valence-electron chi connectivity index (χ3n) is 3.64. The molecule has 1 aliphatic rings. The van der Waals surface area contributed by atoms with Crippen LogP contribution in [-0.4, -0.2) is 37.5 Å². The minimum Gasteiger partial charge on any atom is -0.491 e. The van der Waals surface area contributed by atoms with E-state index in [-0.39, 0.29) is 0 Å². The Labute approximate surface area is 120 Å². The average Bonchev–Trinajstić information content (AvgIpc) is 2.38. The molecule has 1 saturated heterocycles. The van der Waals surface area contributed by atoms with Crippen LogP contribution >= 0.6 is 11.6 Å². The van der Waals surface area contributed by atoms with Crippen LogP contribution in [0.5, 0.6) is 5.75 Å². The molecule has 1 heterocycles. The number of halogens is 1. The van der Waals surface area contributed by atoms with Gasteiger partial charge in [-0.3, -0.25) is 0 Å². The van der Waals surface area contributed by atoms with Gasteiger partial charge in [0.15, 0.2) is 0 Å². The second-order valence-corrected chi connectivity index (χ2v) is 6.01. The number of quaternary nitrogens is 1. The fourth-order valence-electron chi connectivity index (χ4n) is 2.70. The van der Waals surface area contributed by atoms with E-state index in [0.29, 0.717) is 11.6 Å². The van der Waals surface area contributed by atoms with Gasteiger partial charge >= 0.3 is 0 Å². The number of aliphatic hydroxyl groups is 1. The van der Waals surface area contributed by atoms with Crippen LogP contribution in [0.3, 0.4) is 0 Å². The van der Waals surface area contributed by atoms with Crippen molar-refractivity contribution in [1.29, 1.82) is 0 Å². The molecular formula is C15H23ClNO2+. The van der Waals surface area contributed by atoms with Gasteiger partial charge in [0.1, 0.15) is 25.0 Å². The first-order valence-electron chi connectivity index (χ1n) is 7.03. The molecule has 1 aromatic carbocycles. The molecule has 0 amide bonds. The molecule has 1 unspecified atom stereocenters. The maximum Gasteiger partial charge on any atom is 0.137 e. The maximum atomic E-state index is 10.0. The fraction of sp³-hybridized carbons (Fsp3) is 0.600. The molecule has 19 heavy (non-hydrogen) atoms. The smallest absolute Gasteiger partial charge is 0.137 e. The number of benzene rings is 1. The number of rotatable bonds is 5. The lowest BCUT2D eigenvalue weighted by molar-refractivity contribution is -0.911. The molecule has 0 bridgehead atoms. The molecule has 0 radical (unpaired) electrons. The zero-order chi connectivity index (χ0) is 13.7. The number of hydrogen-bond acceptors (Lipinski definition) is 2. The lowest BCUT2D eigenvalue weighted by atomic mass is 10.0. The molecule has 4 heteroatoms. The molecule has 0 saturated carbocycles. The van der Waals surface area contributed by atoms with Crippen molar-refractivity contribution >= 4 is 11.6 Å². The van der Waals surface area contributed by atoms with E-state index in [4.69, 9.17) is 16.3 Å².